The molecule has 0 aliphatic carbocycles. The van der Waals surface area contributed by atoms with Crippen LogP contribution in [0.3, 0.4) is 0 Å². The molecular formula is C23H18ClFN2O2S. The number of halogens is 2. The van der Waals surface area contributed by atoms with E-state index in [9.17, 15) is 14.0 Å². The summed E-state index contributed by atoms with van der Waals surface area (Å²) in [5, 5.41) is 2.86. The first kappa shape index (κ1) is 20.4. The molecule has 1 fully saturated rings. The molecule has 0 unspecified atom stereocenters. The van der Waals surface area contributed by atoms with Crippen LogP contribution in [0.4, 0.5) is 15.8 Å². The van der Waals surface area contributed by atoms with Crippen molar-refractivity contribution >= 4 is 46.6 Å². The zero-order valence-electron chi connectivity index (χ0n) is 16.1. The molecule has 1 N–H and O–H groups in total. The minimum Gasteiger partial charge on any atom is -0.322 e. The fourth-order valence-electron chi connectivity index (χ4n) is 3.31. The molecule has 0 bridgehead atoms. The van der Waals surface area contributed by atoms with Gasteiger partial charge in [0, 0.05) is 5.69 Å². The van der Waals surface area contributed by atoms with E-state index in [1.54, 1.807) is 48.5 Å². The van der Waals surface area contributed by atoms with Crippen LogP contribution in [0, 0.1) is 12.7 Å². The third-order valence-electron chi connectivity index (χ3n) is 4.80. The van der Waals surface area contributed by atoms with Crippen LogP contribution in [-0.2, 0) is 4.79 Å². The number of carbonyl (C=O) groups is 2. The maximum atomic E-state index is 14.4. The predicted octanol–water partition coefficient (Wildman–Crippen LogP) is 5.82. The minimum absolute atomic E-state index is 0.134. The van der Waals surface area contributed by atoms with Crippen LogP contribution in [0.1, 0.15) is 26.9 Å². The fourth-order valence-corrected chi connectivity index (χ4v) is 4.70. The standard InChI is InChI=1S/C23H18ClFN2O2S/c1-14-6-11-19(25)20(12-14)27-21(28)13-30-23(27)15-7-9-16(10-8-15)26-22(29)17-4-2-3-5-18(17)24/h2-12,23H,13H2,1H3,(H,26,29)/t23-/m0/s1. The van der Waals surface area contributed by atoms with Crippen LogP contribution in [0.15, 0.2) is 66.7 Å². The first-order valence-electron chi connectivity index (χ1n) is 9.29. The van der Waals surface area contributed by atoms with Gasteiger partial charge >= 0.3 is 0 Å². The number of nitrogens with one attached hydrogen (secondary N) is 1. The summed E-state index contributed by atoms with van der Waals surface area (Å²) in [4.78, 5) is 26.4. The lowest BCUT2D eigenvalue weighted by molar-refractivity contribution is -0.115. The Balaban J connectivity index is 1.56. The maximum absolute atomic E-state index is 14.4. The largest absolute Gasteiger partial charge is 0.322 e. The predicted molar refractivity (Wildman–Crippen MR) is 120 cm³/mol. The van der Waals surface area contributed by atoms with Crippen molar-refractivity contribution in [1.29, 1.82) is 0 Å². The van der Waals surface area contributed by atoms with Crippen LogP contribution >= 0.6 is 23.4 Å². The Bertz CT molecular complexity index is 1120. The van der Waals surface area contributed by atoms with E-state index in [1.165, 1.54) is 22.7 Å². The van der Waals surface area contributed by atoms with E-state index < -0.39 is 5.82 Å². The maximum Gasteiger partial charge on any atom is 0.257 e. The summed E-state index contributed by atoms with van der Waals surface area (Å²) >= 11 is 7.52. The normalized spacial score (nSPS) is 16.0. The van der Waals surface area contributed by atoms with Crippen molar-refractivity contribution in [2.75, 3.05) is 16.0 Å². The monoisotopic (exact) mass is 440 g/mol. The lowest BCUT2D eigenvalue weighted by atomic mass is 10.1. The number of aryl methyl sites for hydroxylation is 1. The quantitative estimate of drug-likeness (QED) is 0.556. The molecule has 2 amide bonds. The number of carbonyl (C=O) groups excluding carboxylic acids is 2. The molecule has 1 aliphatic heterocycles. The van der Waals surface area contributed by atoms with Crippen molar-refractivity contribution in [1.82, 2.24) is 0 Å². The van der Waals surface area contributed by atoms with Gasteiger partial charge in [0.1, 0.15) is 11.2 Å². The SMILES string of the molecule is Cc1ccc(F)c(N2C(=O)CS[C@H]2c2ccc(NC(=O)c3ccccc3Cl)cc2)c1. The highest BCUT2D eigenvalue weighted by atomic mass is 35.5. The lowest BCUT2D eigenvalue weighted by Gasteiger charge is -2.25. The topological polar surface area (TPSA) is 49.4 Å². The molecule has 7 heteroatoms. The van der Waals surface area contributed by atoms with Crippen molar-refractivity contribution in [3.63, 3.8) is 0 Å². The number of anilines is 2. The van der Waals surface area contributed by atoms with Crippen LogP contribution in [0.25, 0.3) is 0 Å². The van der Waals surface area contributed by atoms with E-state index in [4.69, 9.17) is 11.6 Å². The van der Waals surface area contributed by atoms with Gasteiger partial charge in [-0.1, -0.05) is 41.9 Å². The first-order chi connectivity index (χ1) is 14.4. The van der Waals surface area contributed by atoms with E-state index in [0.29, 0.717) is 16.3 Å². The Morgan fingerprint density at radius 3 is 2.60 bits per heavy atom. The Hall–Kier alpha value is -2.83. The Morgan fingerprint density at radius 2 is 1.87 bits per heavy atom. The highest BCUT2D eigenvalue weighted by Crippen LogP contribution is 2.43. The number of benzene rings is 3. The molecule has 4 rings (SSSR count). The van der Waals surface area contributed by atoms with Crippen molar-refractivity contribution in [3.05, 3.63) is 94.3 Å². The second-order valence-corrected chi connectivity index (χ2v) is 8.41. The molecule has 152 valence electrons. The van der Waals surface area contributed by atoms with Gasteiger partial charge in [-0.05, 0) is 54.4 Å². The Kier molecular flexibility index (Phi) is 5.79. The highest BCUT2D eigenvalue weighted by Gasteiger charge is 2.35. The molecule has 3 aromatic carbocycles. The van der Waals surface area contributed by atoms with E-state index in [2.05, 4.69) is 5.32 Å². The number of hydrogen-bond acceptors (Lipinski definition) is 3. The van der Waals surface area contributed by atoms with Crippen molar-refractivity contribution < 1.29 is 14.0 Å². The number of amides is 2. The minimum atomic E-state index is -0.426. The van der Waals surface area contributed by atoms with Gasteiger partial charge in [-0.15, -0.1) is 11.8 Å². The second-order valence-electron chi connectivity index (χ2n) is 6.94. The highest BCUT2D eigenvalue weighted by molar-refractivity contribution is 8.00. The van der Waals surface area contributed by atoms with Gasteiger partial charge in [-0.25, -0.2) is 4.39 Å². The van der Waals surface area contributed by atoms with Crippen LogP contribution in [0.5, 0.6) is 0 Å². The molecule has 0 spiro atoms. The zero-order valence-corrected chi connectivity index (χ0v) is 17.6. The molecule has 3 aromatic rings. The van der Waals surface area contributed by atoms with Gasteiger partial charge in [-0.3, -0.25) is 14.5 Å². The van der Waals surface area contributed by atoms with E-state index in [0.717, 1.165) is 11.1 Å². The van der Waals surface area contributed by atoms with Gasteiger partial charge in [0.05, 0.1) is 22.0 Å². The van der Waals surface area contributed by atoms with Gasteiger partial charge in [0.2, 0.25) is 5.91 Å². The van der Waals surface area contributed by atoms with Crippen molar-refractivity contribution in [2.45, 2.75) is 12.3 Å². The van der Waals surface area contributed by atoms with Crippen LogP contribution in [-0.4, -0.2) is 17.6 Å². The molecule has 30 heavy (non-hydrogen) atoms. The van der Waals surface area contributed by atoms with Crippen LogP contribution in [0.2, 0.25) is 5.02 Å². The van der Waals surface area contributed by atoms with E-state index >= 15 is 0 Å². The molecule has 0 saturated carbocycles. The molecule has 4 nitrogen and oxygen atoms in total. The Labute approximate surface area is 183 Å². The number of hydrogen-bond donors (Lipinski definition) is 1. The molecule has 0 radical (unpaired) electrons. The fraction of sp³-hybridized carbons (Fsp3) is 0.130. The van der Waals surface area contributed by atoms with Gasteiger partial charge in [-0.2, -0.15) is 0 Å². The van der Waals surface area contributed by atoms with Gasteiger partial charge in [0.15, 0.2) is 0 Å². The third kappa shape index (κ3) is 4.06. The molecule has 0 aromatic heterocycles. The molecule has 1 heterocycles. The second kappa shape index (κ2) is 8.50. The smallest absolute Gasteiger partial charge is 0.257 e. The van der Waals surface area contributed by atoms with Gasteiger partial charge in [0.25, 0.3) is 5.91 Å². The molecule has 1 saturated heterocycles. The first-order valence-corrected chi connectivity index (χ1v) is 10.7. The zero-order chi connectivity index (χ0) is 21.3. The average molecular weight is 441 g/mol. The summed E-state index contributed by atoms with van der Waals surface area (Å²) < 4.78 is 14.4. The summed E-state index contributed by atoms with van der Waals surface area (Å²) in [7, 11) is 0. The van der Waals surface area contributed by atoms with Crippen molar-refractivity contribution in [3.8, 4) is 0 Å². The number of rotatable bonds is 4. The average Bonchev–Trinajstić information content (AvgIpc) is 3.12. The molecule has 1 aliphatic rings. The number of thioether (sulfide) groups is 1. The molecule has 1 atom stereocenters. The summed E-state index contributed by atoms with van der Waals surface area (Å²) in [5.41, 5.74) is 3.01. The van der Waals surface area contributed by atoms with E-state index in [-0.39, 0.29) is 28.6 Å². The van der Waals surface area contributed by atoms with Gasteiger partial charge < -0.3 is 5.32 Å². The number of nitrogens with zero attached hydrogens (tertiary/aromatic N) is 1. The summed E-state index contributed by atoms with van der Waals surface area (Å²) in [6.45, 7) is 1.86. The lowest BCUT2D eigenvalue weighted by Crippen LogP contribution is -2.28. The Morgan fingerprint density at radius 1 is 1.13 bits per heavy atom. The van der Waals surface area contributed by atoms with Crippen molar-refractivity contribution in [2.24, 2.45) is 0 Å². The van der Waals surface area contributed by atoms with Crippen LogP contribution < -0.4 is 10.2 Å². The summed E-state index contributed by atoms with van der Waals surface area (Å²) in [6.07, 6.45) is 0. The summed E-state index contributed by atoms with van der Waals surface area (Å²) in [5.74, 6) is -0.582. The van der Waals surface area contributed by atoms with E-state index in [1.807, 2.05) is 19.1 Å². The molecular weight excluding hydrogens is 423 g/mol. The summed E-state index contributed by atoms with van der Waals surface area (Å²) in [6, 6.07) is 18.8. The third-order valence-corrected chi connectivity index (χ3v) is 6.34.